The van der Waals surface area contributed by atoms with Crippen molar-refractivity contribution in [1.29, 1.82) is 0 Å². The van der Waals surface area contributed by atoms with E-state index in [0.717, 1.165) is 34.1 Å². The molecule has 2 atom stereocenters. The number of thiocarbonyl (C=S) groups is 2. The molecule has 2 saturated heterocycles. The van der Waals surface area contributed by atoms with Gasteiger partial charge in [0.25, 0.3) is 0 Å². The molecule has 2 aliphatic heterocycles. The molecule has 4 aromatic rings. The minimum Gasteiger partial charge on any atom is -0.457 e. The molecular formula is C28H22N4O2S2. The van der Waals surface area contributed by atoms with Gasteiger partial charge in [-0.15, -0.1) is 0 Å². The Kier molecular flexibility index (Phi) is 5.88. The molecule has 6 rings (SSSR count). The number of benzene rings is 4. The van der Waals surface area contributed by atoms with Crippen LogP contribution in [-0.4, -0.2) is 20.2 Å². The second-order valence-corrected chi connectivity index (χ2v) is 9.14. The number of fused-ring (bicyclic) bond motifs is 1. The smallest absolute Gasteiger partial charge is 0.192 e. The van der Waals surface area contributed by atoms with Crippen molar-refractivity contribution in [3.8, 4) is 23.0 Å². The van der Waals surface area contributed by atoms with Gasteiger partial charge in [-0.3, -0.25) is 0 Å². The van der Waals surface area contributed by atoms with Crippen LogP contribution in [-0.2, 0) is 0 Å². The molecule has 8 heteroatoms. The standard InChI is InChI=1S/C28H22N4O2S2/c35-27-29-25(19-9-7-15-23(17-19)33-21-11-3-1-4-12-21)31-28(36)30-26(32(27)31)20-10-8-16-24(18-20)34-22-13-5-2-6-14-22/h1-18,25-26H,(H,29,35)(H,30,36)/t25-,26-/m0/s1. The minimum absolute atomic E-state index is 0.259. The summed E-state index contributed by atoms with van der Waals surface area (Å²) < 4.78 is 12.1. The molecule has 0 amide bonds. The van der Waals surface area contributed by atoms with Crippen molar-refractivity contribution in [2.24, 2.45) is 0 Å². The highest BCUT2D eigenvalue weighted by Crippen LogP contribution is 2.38. The first kappa shape index (κ1) is 22.3. The molecular weight excluding hydrogens is 488 g/mol. The zero-order valence-electron chi connectivity index (χ0n) is 19.1. The number of ether oxygens (including phenoxy) is 2. The topological polar surface area (TPSA) is 49.0 Å². The van der Waals surface area contributed by atoms with Crippen LogP contribution in [0, 0.1) is 0 Å². The summed E-state index contributed by atoms with van der Waals surface area (Å²) in [5, 5.41) is 12.0. The molecule has 0 aromatic heterocycles. The number of para-hydroxylation sites is 2. The van der Waals surface area contributed by atoms with E-state index in [1.165, 1.54) is 0 Å². The molecule has 0 unspecified atom stereocenters. The van der Waals surface area contributed by atoms with Crippen LogP contribution in [0.25, 0.3) is 0 Å². The van der Waals surface area contributed by atoms with Gasteiger partial charge in [-0.05, 0) is 73.0 Å². The lowest BCUT2D eigenvalue weighted by molar-refractivity contribution is 0.114. The highest BCUT2D eigenvalue weighted by atomic mass is 32.1. The lowest BCUT2D eigenvalue weighted by atomic mass is 10.1. The van der Waals surface area contributed by atoms with E-state index >= 15 is 0 Å². The third-order valence-corrected chi connectivity index (χ3v) is 6.57. The number of nitrogens with zero attached hydrogens (tertiary/aromatic N) is 2. The molecule has 0 aliphatic carbocycles. The maximum absolute atomic E-state index is 6.04. The number of hydrazine groups is 1. The van der Waals surface area contributed by atoms with E-state index in [0.29, 0.717) is 10.2 Å². The summed E-state index contributed by atoms with van der Waals surface area (Å²) >= 11 is 11.5. The van der Waals surface area contributed by atoms with Crippen LogP contribution in [0.15, 0.2) is 109 Å². The van der Waals surface area contributed by atoms with E-state index < -0.39 is 0 Å². The second kappa shape index (κ2) is 9.49. The van der Waals surface area contributed by atoms with Gasteiger partial charge in [0.05, 0.1) is 0 Å². The Bertz CT molecular complexity index is 1310. The Balaban J connectivity index is 1.25. The average Bonchev–Trinajstić information content (AvgIpc) is 3.44. The summed E-state index contributed by atoms with van der Waals surface area (Å²) in [6.07, 6.45) is -0.517. The van der Waals surface area contributed by atoms with Crippen LogP contribution in [0.2, 0.25) is 0 Å². The summed E-state index contributed by atoms with van der Waals surface area (Å²) in [7, 11) is 0. The Morgan fingerprint density at radius 2 is 0.889 bits per heavy atom. The second-order valence-electron chi connectivity index (χ2n) is 8.37. The predicted molar refractivity (Wildman–Crippen MR) is 147 cm³/mol. The van der Waals surface area contributed by atoms with Crippen molar-refractivity contribution >= 4 is 34.7 Å². The van der Waals surface area contributed by atoms with Crippen LogP contribution in [0.4, 0.5) is 0 Å². The Morgan fingerprint density at radius 1 is 0.500 bits per heavy atom. The number of hydrogen-bond acceptors (Lipinski definition) is 4. The van der Waals surface area contributed by atoms with Gasteiger partial charge in [0.1, 0.15) is 35.3 Å². The fraction of sp³-hybridized carbons (Fsp3) is 0.0714. The van der Waals surface area contributed by atoms with Gasteiger partial charge in [-0.25, -0.2) is 10.0 Å². The quantitative estimate of drug-likeness (QED) is 0.295. The Hall–Kier alpha value is -4.14. The van der Waals surface area contributed by atoms with Crippen LogP contribution in [0.3, 0.4) is 0 Å². The van der Waals surface area contributed by atoms with E-state index in [4.69, 9.17) is 33.9 Å². The summed E-state index contributed by atoms with van der Waals surface area (Å²) in [5.41, 5.74) is 1.97. The number of rotatable bonds is 6. The molecule has 2 N–H and O–H groups in total. The summed E-state index contributed by atoms with van der Waals surface area (Å²) in [4.78, 5) is 0. The highest BCUT2D eigenvalue weighted by Gasteiger charge is 2.47. The monoisotopic (exact) mass is 510 g/mol. The van der Waals surface area contributed by atoms with Gasteiger partial charge in [0, 0.05) is 11.1 Å². The van der Waals surface area contributed by atoms with Gasteiger partial charge in [-0.1, -0.05) is 60.7 Å². The molecule has 0 saturated carbocycles. The molecule has 2 aliphatic rings. The number of nitrogens with one attached hydrogen (secondary N) is 2. The van der Waals surface area contributed by atoms with Crippen molar-refractivity contribution in [2.75, 3.05) is 0 Å². The van der Waals surface area contributed by atoms with E-state index in [2.05, 4.69) is 10.6 Å². The van der Waals surface area contributed by atoms with Crippen molar-refractivity contribution in [1.82, 2.24) is 20.7 Å². The molecule has 178 valence electrons. The fourth-order valence-corrected chi connectivity index (χ4v) is 4.97. The maximum Gasteiger partial charge on any atom is 0.192 e. The van der Waals surface area contributed by atoms with Crippen molar-refractivity contribution < 1.29 is 9.47 Å². The summed E-state index contributed by atoms with van der Waals surface area (Å²) in [5.74, 6) is 3.04. The first-order chi connectivity index (χ1) is 17.7. The molecule has 6 nitrogen and oxygen atoms in total. The van der Waals surface area contributed by atoms with Gasteiger partial charge in [-0.2, -0.15) is 0 Å². The lowest BCUT2D eigenvalue weighted by Crippen LogP contribution is -2.36. The fourth-order valence-electron chi connectivity index (χ4n) is 4.36. The van der Waals surface area contributed by atoms with E-state index in [1.54, 1.807) is 0 Å². The molecule has 2 fully saturated rings. The zero-order chi connectivity index (χ0) is 24.5. The largest absolute Gasteiger partial charge is 0.457 e. The van der Waals surface area contributed by atoms with Crippen LogP contribution in [0.1, 0.15) is 23.5 Å². The SMILES string of the molecule is S=C1N[C@H](c2cccc(Oc3ccccc3)c2)N2C(=S)N[C@H](c3cccc(Oc4ccccc4)c3)N12. The normalized spacial score (nSPS) is 18.4. The molecule has 36 heavy (non-hydrogen) atoms. The van der Waals surface area contributed by atoms with E-state index in [-0.39, 0.29) is 12.3 Å². The zero-order valence-corrected chi connectivity index (χ0v) is 20.7. The Morgan fingerprint density at radius 3 is 1.31 bits per heavy atom. The van der Waals surface area contributed by atoms with Crippen molar-refractivity contribution in [3.63, 3.8) is 0 Å². The maximum atomic E-state index is 6.04. The first-order valence-corrected chi connectivity index (χ1v) is 12.3. The van der Waals surface area contributed by atoms with E-state index in [1.807, 2.05) is 119 Å². The third kappa shape index (κ3) is 4.32. The minimum atomic E-state index is -0.259. The molecule has 4 aromatic carbocycles. The van der Waals surface area contributed by atoms with Crippen LogP contribution >= 0.6 is 24.4 Å². The first-order valence-electron chi connectivity index (χ1n) is 11.5. The average molecular weight is 511 g/mol. The summed E-state index contributed by atoms with van der Waals surface area (Å²) in [6.45, 7) is 0. The van der Waals surface area contributed by atoms with Gasteiger partial charge < -0.3 is 20.1 Å². The van der Waals surface area contributed by atoms with Crippen LogP contribution in [0.5, 0.6) is 23.0 Å². The highest BCUT2D eigenvalue weighted by molar-refractivity contribution is 7.80. The van der Waals surface area contributed by atoms with Gasteiger partial charge >= 0.3 is 0 Å². The predicted octanol–water partition coefficient (Wildman–Crippen LogP) is 6.26. The molecule has 0 spiro atoms. The summed E-state index contributed by atoms with van der Waals surface area (Å²) in [6, 6.07) is 35.3. The molecule has 0 bridgehead atoms. The van der Waals surface area contributed by atoms with E-state index in [9.17, 15) is 0 Å². The van der Waals surface area contributed by atoms with Crippen molar-refractivity contribution in [3.05, 3.63) is 120 Å². The van der Waals surface area contributed by atoms with Gasteiger partial charge in [0.15, 0.2) is 10.2 Å². The van der Waals surface area contributed by atoms with Crippen molar-refractivity contribution in [2.45, 2.75) is 12.3 Å². The van der Waals surface area contributed by atoms with Crippen LogP contribution < -0.4 is 20.1 Å². The number of hydrogen-bond donors (Lipinski definition) is 2. The Labute approximate surface area is 220 Å². The molecule has 0 radical (unpaired) electrons. The molecule has 2 heterocycles. The third-order valence-electron chi connectivity index (χ3n) is 5.96. The van der Waals surface area contributed by atoms with Gasteiger partial charge in [0.2, 0.25) is 0 Å². The lowest BCUT2D eigenvalue weighted by Gasteiger charge is -2.27.